The van der Waals surface area contributed by atoms with Gasteiger partial charge in [-0.15, -0.1) is 0 Å². The fraction of sp³-hybridized carbons (Fsp3) is 0.933. The van der Waals surface area contributed by atoms with E-state index in [4.69, 9.17) is 4.74 Å². The molecule has 2 fully saturated rings. The van der Waals surface area contributed by atoms with E-state index in [2.05, 4.69) is 17.1 Å². The lowest BCUT2D eigenvalue weighted by Gasteiger charge is -2.26. The molecule has 2 rings (SSSR count). The highest BCUT2D eigenvalue weighted by atomic mass is 16.5. The largest absolute Gasteiger partial charge is 0.465 e. The summed E-state index contributed by atoms with van der Waals surface area (Å²) in [7, 11) is 0. The van der Waals surface area contributed by atoms with E-state index in [9.17, 15) is 4.79 Å². The van der Waals surface area contributed by atoms with Gasteiger partial charge in [0.15, 0.2) is 0 Å². The summed E-state index contributed by atoms with van der Waals surface area (Å²) in [6, 6.07) is 0.400. The smallest absolute Gasteiger partial charge is 0.324 e. The summed E-state index contributed by atoms with van der Waals surface area (Å²) in [6.07, 6.45) is 6.27. The summed E-state index contributed by atoms with van der Waals surface area (Å²) in [5.41, 5.74) is 0. The zero-order valence-electron chi connectivity index (χ0n) is 12.4. The van der Waals surface area contributed by atoms with E-state index in [1.807, 2.05) is 6.92 Å². The number of esters is 1. The quantitative estimate of drug-likeness (QED) is 0.613. The van der Waals surface area contributed by atoms with E-state index in [-0.39, 0.29) is 12.0 Å². The summed E-state index contributed by atoms with van der Waals surface area (Å²) < 4.78 is 5.20. The molecule has 1 atom stereocenters. The Bertz CT molecular complexity index is 288. The van der Waals surface area contributed by atoms with E-state index in [0.29, 0.717) is 12.6 Å². The number of ether oxygens (including phenoxy) is 1. The molecule has 1 N–H and O–H groups in total. The third-order valence-corrected chi connectivity index (χ3v) is 3.78. The van der Waals surface area contributed by atoms with Crippen LogP contribution in [0.2, 0.25) is 0 Å². The Kier molecular flexibility index (Phi) is 5.64. The van der Waals surface area contributed by atoms with Crippen molar-refractivity contribution in [1.29, 1.82) is 0 Å². The standard InChI is InChI=1S/C15H28N2O2/c1-3-9-17(10-12-5-6-12)11-14(15(18)19-4-2)16-13-7-8-13/h12-14,16H,3-11H2,1-2H3. The summed E-state index contributed by atoms with van der Waals surface area (Å²) >= 11 is 0. The molecular formula is C15H28N2O2. The number of nitrogens with zero attached hydrogens (tertiary/aromatic N) is 1. The Balaban J connectivity index is 1.84. The van der Waals surface area contributed by atoms with Crippen LogP contribution in [0.15, 0.2) is 0 Å². The van der Waals surface area contributed by atoms with E-state index < -0.39 is 0 Å². The summed E-state index contributed by atoms with van der Waals surface area (Å²) in [5, 5.41) is 3.44. The molecule has 0 aromatic carbocycles. The van der Waals surface area contributed by atoms with Gasteiger partial charge in [-0.2, -0.15) is 0 Å². The van der Waals surface area contributed by atoms with Gasteiger partial charge in [-0.25, -0.2) is 0 Å². The molecule has 0 aromatic rings. The normalized spacial score (nSPS) is 20.6. The van der Waals surface area contributed by atoms with Crippen molar-refractivity contribution in [2.75, 3.05) is 26.2 Å². The first-order chi connectivity index (χ1) is 9.22. The van der Waals surface area contributed by atoms with Crippen molar-refractivity contribution in [3.8, 4) is 0 Å². The van der Waals surface area contributed by atoms with Gasteiger partial charge in [-0.3, -0.25) is 4.79 Å². The molecule has 4 nitrogen and oxygen atoms in total. The molecular weight excluding hydrogens is 240 g/mol. The molecule has 2 saturated carbocycles. The highest BCUT2D eigenvalue weighted by Crippen LogP contribution is 2.30. The Morgan fingerprint density at radius 3 is 2.58 bits per heavy atom. The van der Waals surface area contributed by atoms with Gasteiger partial charge in [-0.1, -0.05) is 6.92 Å². The van der Waals surface area contributed by atoms with Gasteiger partial charge in [0.1, 0.15) is 6.04 Å². The monoisotopic (exact) mass is 268 g/mol. The molecule has 0 saturated heterocycles. The maximum absolute atomic E-state index is 12.0. The van der Waals surface area contributed by atoms with E-state index >= 15 is 0 Å². The predicted octanol–water partition coefficient (Wildman–Crippen LogP) is 1.79. The lowest BCUT2D eigenvalue weighted by Crippen LogP contribution is -2.48. The lowest BCUT2D eigenvalue weighted by atomic mass is 10.2. The summed E-state index contributed by atoms with van der Waals surface area (Å²) in [4.78, 5) is 14.5. The SMILES string of the molecule is CCCN(CC1CC1)CC(NC1CC1)C(=O)OCC. The molecule has 4 heteroatoms. The van der Waals surface area contributed by atoms with Crippen LogP contribution in [0, 0.1) is 5.92 Å². The molecule has 0 amide bonds. The van der Waals surface area contributed by atoms with Crippen LogP contribution in [0.5, 0.6) is 0 Å². The molecule has 0 bridgehead atoms. The first kappa shape index (κ1) is 14.8. The lowest BCUT2D eigenvalue weighted by molar-refractivity contribution is -0.146. The minimum Gasteiger partial charge on any atom is -0.465 e. The topological polar surface area (TPSA) is 41.6 Å². The fourth-order valence-corrected chi connectivity index (χ4v) is 2.47. The molecule has 19 heavy (non-hydrogen) atoms. The highest BCUT2D eigenvalue weighted by Gasteiger charge is 2.32. The van der Waals surface area contributed by atoms with Gasteiger partial charge < -0.3 is 15.0 Å². The Labute approximate surface area is 116 Å². The zero-order chi connectivity index (χ0) is 13.7. The second kappa shape index (κ2) is 7.25. The van der Waals surface area contributed by atoms with Crippen LogP contribution in [0.25, 0.3) is 0 Å². The Morgan fingerprint density at radius 2 is 2.05 bits per heavy atom. The van der Waals surface area contributed by atoms with Crippen LogP contribution >= 0.6 is 0 Å². The van der Waals surface area contributed by atoms with E-state index in [1.165, 1.54) is 25.7 Å². The van der Waals surface area contributed by atoms with Gasteiger partial charge in [0.2, 0.25) is 0 Å². The fourth-order valence-electron chi connectivity index (χ4n) is 2.47. The van der Waals surface area contributed by atoms with Gasteiger partial charge in [-0.05, 0) is 51.5 Å². The van der Waals surface area contributed by atoms with Crippen molar-refractivity contribution >= 4 is 5.97 Å². The molecule has 2 aliphatic rings. The van der Waals surface area contributed by atoms with Crippen molar-refractivity contribution in [1.82, 2.24) is 10.2 Å². The first-order valence-electron chi connectivity index (χ1n) is 7.88. The molecule has 0 aromatic heterocycles. The molecule has 2 aliphatic carbocycles. The van der Waals surface area contributed by atoms with E-state index in [0.717, 1.165) is 32.0 Å². The molecule has 110 valence electrons. The van der Waals surface area contributed by atoms with Crippen molar-refractivity contribution in [2.24, 2.45) is 5.92 Å². The third-order valence-electron chi connectivity index (χ3n) is 3.78. The minimum atomic E-state index is -0.141. The van der Waals surface area contributed by atoms with Crippen LogP contribution in [0.4, 0.5) is 0 Å². The first-order valence-corrected chi connectivity index (χ1v) is 7.88. The van der Waals surface area contributed by atoms with Crippen molar-refractivity contribution in [3.05, 3.63) is 0 Å². The second-order valence-corrected chi connectivity index (χ2v) is 5.95. The predicted molar refractivity (Wildman–Crippen MR) is 76.0 cm³/mol. The Hall–Kier alpha value is -0.610. The number of rotatable bonds is 10. The van der Waals surface area contributed by atoms with Crippen LogP contribution in [-0.2, 0) is 9.53 Å². The Morgan fingerprint density at radius 1 is 1.32 bits per heavy atom. The molecule has 0 aliphatic heterocycles. The van der Waals surface area contributed by atoms with Crippen molar-refractivity contribution < 1.29 is 9.53 Å². The zero-order valence-corrected chi connectivity index (χ0v) is 12.4. The number of carbonyl (C=O) groups excluding carboxylic acids is 1. The molecule has 1 unspecified atom stereocenters. The number of carbonyl (C=O) groups is 1. The maximum atomic E-state index is 12.0. The summed E-state index contributed by atoms with van der Waals surface area (Å²) in [6.45, 7) is 7.58. The summed E-state index contributed by atoms with van der Waals surface area (Å²) in [5.74, 6) is 0.793. The van der Waals surface area contributed by atoms with Crippen molar-refractivity contribution in [2.45, 2.75) is 58.0 Å². The van der Waals surface area contributed by atoms with Gasteiger partial charge in [0, 0.05) is 19.1 Å². The van der Waals surface area contributed by atoms with Crippen LogP contribution in [0.1, 0.15) is 46.0 Å². The van der Waals surface area contributed by atoms with E-state index in [1.54, 1.807) is 0 Å². The van der Waals surface area contributed by atoms with Crippen LogP contribution in [0.3, 0.4) is 0 Å². The van der Waals surface area contributed by atoms with Crippen molar-refractivity contribution in [3.63, 3.8) is 0 Å². The minimum absolute atomic E-state index is 0.0775. The number of nitrogens with one attached hydrogen (secondary N) is 1. The number of hydrogen-bond acceptors (Lipinski definition) is 4. The second-order valence-electron chi connectivity index (χ2n) is 5.95. The average Bonchev–Trinajstić information content (AvgIpc) is 3.23. The molecule has 0 radical (unpaired) electrons. The van der Waals surface area contributed by atoms with Crippen LogP contribution in [-0.4, -0.2) is 49.2 Å². The third kappa shape index (κ3) is 5.49. The molecule has 0 heterocycles. The molecule has 0 spiro atoms. The highest BCUT2D eigenvalue weighted by molar-refractivity contribution is 5.76. The maximum Gasteiger partial charge on any atom is 0.324 e. The van der Waals surface area contributed by atoms with Gasteiger partial charge in [0.05, 0.1) is 6.61 Å². The van der Waals surface area contributed by atoms with Gasteiger partial charge in [0.25, 0.3) is 0 Å². The van der Waals surface area contributed by atoms with Crippen LogP contribution < -0.4 is 5.32 Å². The average molecular weight is 268 g/mol. The van der Waals surface area contributed by atoms with Gasteiger partial charge >= 0.3 is 5.97 Å². The number of hydrogen-bond donors (Lipinski definition) is 1.